The van der Waals surface area contributed by atoms with Gasteiger partial charge in [0.2, 0.25) is 5.91 Å². The number of benzene rings is 2. The van der Waals surface area contributed by atoms with Crippen molar-refractivity contribution in [1.29, 1.82) is 0 Å². The zero-order valence-corrected chi connectivity index (χ0v) is 17.7. The number of carbonyl (C=O) groups is 1. The largest absolute Gasteiger partial charge is 0.378 e. The lowest BCUT2D eigenvalue weighted by atomic mass is 10.1. The third-order valence-corrected chi connectivity index (χ3v) is 6.07. The lowest BCUT2D eigenvalue weighted by molar-refractivity contribution is -0.132. The quantitative estimate of drug-likeness (QED) is 0.267. The number of thioether (sulfide) groups is 1. The molecule has 0 spiro atoms. The standard InChI is InChI=1S/C22H18FN5O3S/c23-15-7-5-14(6-8-15)19-21(30)25-20-16-3-1-2-4-17(16)24-22(28(20)26-19)32-13-18(29)27-9-11-31-12-10-27/h1-8H,9-13H2. The van der Waals surface area contributed by atoms with Gasteiger partial charge in [-0.2, -0.15) is 14.6 Å². The molecule has 4 aromatic rings. The van der Waals surface area contributed by atoms with Crippen LogP contribution in [0.25, 0.3) is 27.8 Å². The number of rotatable bonds is 4. The second-order valence-corrected chi connectivity index (χ2v) is 8.14. The summed E-state index contributed by atoms with van der Waals surface area (Å²) in [7, 11) is 0. The van der Waals surface area contributed by atoms with Crippen LogP contribution in [-0.2, 0) is 9.53 Å². The first-order valence-electron chi connectivity index (χ1n) is 10.0. The number of para-hydroxylation sites is 1. The fourth-order valence-electron chi connectivity index (χ4n) is 3.52. The van der Waals surface area contributed by atoms with E-state index in [2.05, 4.69) is 15.1 Å². The number of hydrogen-bond donors (Lipinski definition) is 0. The molecule has 0 atom stereocenters. The fourth-order valence-corrected chi connectivity index (χ4v) is 4.37. The van der Waals surface area contributed by atoms with Gasteiger partial charge < -0.3 is 9.64 Å². The number of amides is 1. The molecular formula is C22H18FN5O3S. The van der Waals surface area contributed by atoms with Gasteiger partial charge in [-0.3, -0.25) is 9.59 Å². The highest BCUT2D eigenvalue weighted by molar-refractivity contribution is 7.99. The average molecular weight is 451 g/mol. The molecule has 32 heavy (non-hydrogen) atoms. The number of fused-ring (bicyclic) bond motifs is 3. The number of halogens is 1. The Morgan fingerprint density at radius 2 is 1.81 bits per heavy atom. The Morgan fingerprint density at radius 3 is 2.59 bits per heavy atom. The van der Waals surface area contributed by atoms with E-state index in [9.17, 15) is 14.0 Å². The summed E-state index contributed by atoms with van der Waals surface area (Å²) >= 11 is 1.23. The van der Waals surface area contributed by atoms with E-state index in [0.717, 1.165) is 0 Å². The van der Waals surface area contributed by atoms with Crippen molar-refractivity contribution in [2.75, 3.05) is 32.1 Å². The Kier molecular flexibility index (Phi) is 5.54. The minimum absolute atomic E-state index is 0.0193. The van der Waals surface area contributed by atoms with Crippen molar-refractivity contribution in [3.05, 3.63) is 64.7 Å². The average Bonchev–Trinajstić information content (AvgIpc) is 2.83. The molecule has 3 heterocycles. The molecule has 1 saturated heterocycles. The van der Waals surface area contributed by atoms with Crippen molar-refractivity contribution in [3.63, 3.8) is 0 Å². The summed E-state index contributed by atoms with van der Waals surface area (Å²) in [6.07, 6.45) is 0. The molecule has 162 valence electrons. The number of ether oxygens (including phenoxy) is 1. The molecule has 0 saturated carbocycles. The number of aromatic nitrogens is 4. The summed E-state index contributed by atoms with van der Waals surface area (Å²) in [5.74, 6) is -0.262. The third-order valence-electron chi connectivity index (χ3n) is 5.16. The molecule has 0 bridgehead atoms. The number of nitrogens with zero attached hydrogens (tertiary/aromatic N) is 5. The van der Waals surface area contributed by atoms with Crippen molar-refractivity contribution in [1.82, 2.24) is 24.5 Å². The van der Waals surface area contributed by atoms with Crippen LogP contribution in [0.2, 0.25) is 0 Å². The molecule has 1 amide bonds. The molecule has 0 radical (unpaired) electrons. The van der Waals surface area contributed by atoms with E-state index < -0.39 is 11.4 Å². The van der Waals surface area contributed by atoms with Crippen LogP contribution in [0.1, 0.15) is 0 Å². The van der Waals surface area contributed by atoms with Gasteiger partial charge >= 0.3 is 0 Å². The minimum atomic E-state index is -0.520. The van der Waals surface area contributed by atoms with Crippen LogP contribution in [0.15, 0.2) is 58.5 Å². The zero-order chi connectivity index (χ0) is 22.1. The summed E-state index contributed by atoms with van der Waals surface area (Å²) < 4.78 is 20.1. The van der Waals surface area contributed by atoms with Crippen molar-refractivity contribution < 1.29 is 13.9 Å². The lowest BCUT2D eigenvalue weighted by Crippen LogP contribution is -2.41. The van der Waals surface area contributed by atoms with E-state index in [0.29, 0.717) is 53.6 Å². The normalized spacial score (nSPS) is 14.2. The van der Waals surface area contributed by atoms with Crippen LogP contribution in [0.5, 0.6) is 0 Å². The molecule has 5 rings (SSSR count). The summed E-state index contributed by atoms with van der Waals surface area (Å²) in [6.45, 7) is 2.18. The van der Waals surface area contributed by atoms with Crippen LogP contribution in [0.3, 0.4) is 0 Å². The topological polar surface area (TPSA) is 89.7 Å². The Morgan fingerprint density at radius 1 is 1.06 bits per heavy atom. The van der Waals surface area contributed by atoms with Crippen LogP contribution >= 0.6 is 11.8 Å². The molecule has 2 aromatic carbocycles. The highest BCUT2D eigenvalue weighted by atomic mass is 32.2. The second-order valence-electron chi connectivity index (χ2n) is 7.20. The van der Waals surface area contributed by atoms with Crippen molar-refractivity contribution >= 4 is 34.2 Å². The Bertz CT molecular complexity index is 1370. The molecular weight excluding hydrogens is 433 g/mol. The molecule has 2 aromatic heterocycles. The van der Waals surface area contributed by atoms with Gasteiger partial charge in [0.05, 0.1) is 24.5 Å². The summed E-state index contributed by atoms with van der Waals surface area (Å²) in [5.41, 5.74) is 1.02. The van der Waals surface area contributed by atoms with Gasteiger partial charge in [0.1, 0.15) is 5.82 Å². The first kappa shape index (κ1) is 20.5. The fraction of sp³-hybridized carbons (Fsp3) is 0.227. The first-order chi connectivity index (χ1) is 15.6. The van der Waals surface area contributed by atoms with Crippen molar-refractivity contribution in [3.8, 4) is 11.3 Å². The SMILES string of the molecule is O=C(CSc1nc2ccccc2c2nc(=O)c(-c3ccc(F)cc3)nn12)N1CCOCC1. The van der Waals surface area contributed by atoms with E-state index in [1.807, 2.05) is 24.3 Å². The highest BCUT2D eigenvalue weighted by Gasteiger charge is 2.20. The summed E-state index contributed by atoms with van der Waals surface area (Å²) in [4.78, 5) is 36.1. The van der Waals surface area contributed by atoms with Crippen LogP contribution in [0.4, 0.5) is 4.39 Å². The molecule has 0 N–H and O–H groups in total. The predicted octanol–water partition coefficient (Wildman–Crippen LogP) is 2.39. The van der Waals surface area contributed by atoms with Crippen molar-refractivity contribution in [2.24, 2.45) is 0 Å². The Hall–Kier alpha value is -3.37. The van der Waals surface area contributed by atoms with Gasteiger partial charge in [-0.1, -0.05) is 23.9 Å². The Labute approximate surface area is 186 Å². The molecule has 1 fully saturated rings. The predicted molar refractivity (Wildman–Crippen MR) is 118 cm³/mol. The van der Waals surface area contributed by atoms with Gasteiger partial charge in [0.25, 0.3) is 5.56 Å². The van der Waals surface area contributed by atoms with E-state index in [4.69, 9.17) is 4.74 Å². The van der Waals surface area contributed by atoms with E-state index in [-0.39, 0.29) is 17.4 Å². The van der Waals surface area contributed by atoms with Gasteiger partial charge in [0.15, 0.2) is 16.5 Å². The molecule has 1 aliphatic heterocycles. The molecule has 8 nitrogen and oxygen atoms in total. The summed E-state index contributed by atoms with van der Waals surface area (Å²) in [5, 5.41) is 5.62. The monoisotopic (exact) mass is 451 g/mol. The first-order valence-corrected chi connectivity index (χ1v) is 11.0. The zero-order valence-electron chi connectivity index (χ0n) is 16.9. The molecule has 1 aliphatic rings. The van der Waals surface area contributed by atoms with Crippen LogP contribution in [-0.4, -0.2) is 62.4 Å². The van der Waals surface area contributed by atoms with Crippen LogP contribution in [0, 0.1) is 5.82 Å². The van der Waals surface area contributed by atoms with Gasteiger partial charge in [-0.05, 0) is 36.4 Å². The van der Waals surface area contributed by atoms with E-state index in [1.165, 1.54) is 40.5 Å². The second kappa shape index (κ2) is 8.64. The van der Waals surface area contributed by atoms with Crippen LogP contribution < -0.4 is 5.56 Å². The number of hydrogen-bond acceptors (Lipinski definition) is 7. The van der Waals surface area contributed by atoms with Gasteiger partial charge in [0, 0.05) is 24.0 Å². The number of morpholine rings is 1. The molecule has 0 aliphatic carbocycles. The minimum Gasteiger partial charge on any atom is -0.378 e. The molecule has 10 heteroatoms. The molecule has 0 unspecified atom stereocenters. The highest BCUT2D eigenvalue weighted by Crippen LogP contribution is 2.24. The maximum Gasteiger partial charge on any atom is 0.300 e. The van der Waals surface area contributed by atoms with E-state index in [1.54, 1.807) is 4.90 Å². The smallest absolute Gasteiger partial charge is 0.300 e. The third kappa shape index (κ3) is 3.94. The van der Waals surface area contributed by atoms with Gasteiger partial charge in [-0.25, -0.2) is 9.37 Å². The summed E-state index contributed by atoms with van der Waals surface area (Å²) in [6, 6.07) is 12.8. The lowest BCUT2D eigenvalue weighted by Gasteiger charge is -2.26. The van der Waals surface area contributed by atoms with E-state index >= 15 is 0 Å². The van der Waals surface area contributed by atoms with Crippen molar-refractivity contribution in [2.45, 2.75) is 5.16 Å². The maximum absolute atomic E-state index is 13.3. The van der Waals surface area contributed by atoms with Gasteiger partial charge in [-0.15, -0.1) is 0 Å². The number of carbonyl (C=O) groups excluding carboxylic acids is 1. The Balaban J connectivity index is 1.59. The maximum atomic E-state index is 13.3.